The summed E-state index contributed by atoms with van der Waals surface area (Å²) >= 11 is 22.2. The molecule has 0 fully saturated rings. The van der Waals surface area contributed by atoms with Crippen LogP contribution in [0.1, 0.15) is 0 Å². The van der Waals surface area contributed by atoms with Crippen molar-refractivity contribution in [2.45, 2.75) is 22.3 Å². The van der Waals surface area contributed by atoms with Crippen molar-refractivity contribution in [2.75, 3.05) is 0 Å². The first kappa shape index (κ1) is 80.9. The minimum absolute atomic E-state index is 0. The summed E-state index contributed by atoms with van der Waals surface area (Å²) in [5, 5.41) is 37.4. The zero-order chi connectivity index (χ0) is 53.1. The second-order valence-corrected chi connectivity index (χ2v) is 29.4. The van der Waals surface area contributed by atoms with Gasteiger partial charge in [-0.1, -0.05) is 46.4 Å². The van der Waals surface area contributed by atoms with Crippen LogP contribution in [0, 0.1) is 0 Å². The summed E-state index contributed by atoms with van der Waals surface area (Å²) in [6.45, 7) is 0. The van der Waals surface area contributed by atoms with Crippen LogP contribution in [0.5, 0.6) is 23.0 Å². The quantitative estimate of drug-likeness (QED) is 0.0566. The Labute approximate surface area is 515 Å². The minimum atomic E-state index is -5.13. The Bertz CT molecular complexity index is 2310. The standard InChI is InChI=1S/4C7H9ClO7P2.4Na.4H/c4*8-5-1-3-6(4-2-5)15-17(13,14)7(9)16(10,11)12;;;;;;;;/h4*1-4,7,9H,(H,13,14)(H2,10,11,12);;;;;;;;. The molecule has 0 radical (unpaired) electrons. The van der Waals surface area contributed by atoms with Crippen LogP contribution in [0.25, 0.3) is 0 Å². The predicted molar refractivity (Wildman–Crippen MR) is 268 cm³/mol. The van der Waals surface area contributed by atoms with E-state index in [2.05, 4.69) is 18.1 Å². The zero-order valence-electron chi connectivity index (χ0n) is 32.7. The average Bonchev–Trinajstić information content (AvgIpc) is 3.19. The molecule has 72 heavy (non-hydrogen) atoms. The van der Waals surface area contributed by atoms with Crippen molar-refractivity contribution < 1.29 is 134 Å². The Morgan fingerprint density at radius 2 is 0.389 bits per heavy atom. The summed E-state index contributed by atoms with van der Waals surface area (Å²) in [7, 11) is -40.1. The maximum atomic E-state index is 11.4. The molecule has 0 saturated heterocycles. The average molecular weight is 1310 g/mol. The van der Waals surface area contributed by atoms with Crippen LogP contribution in [-0.2, 0) is 36.5 Å². The Hall–Kier alpha value is 2.44. The topological polar surface area (TPSA) is 497 Å². The maximum absolute atomic E-state index is 11.4. The monoisotopic (exact) mass is 1300 g/mol. The summed E-state index contributed by atoms with van der Waals surface area (Å²) < 4.78 is 106. The first-order valence-electron chi connectivity index (χ1n) is 16.5. The second-order valence-electron chi connectivity index (χ2n) is 12.2. The van der Waals surface area contributed by atoms with Gasteiger partial charge in [-0.25, -0.2) is 18.3 Å². The number of hydrogen-bond acceptors (Lipinski definition) is 16. The number of hydrogen-bond donors (Lipinski definition) is 16. The third kappa shape index (κ3) is 30.3. The van der Waals surface area contributed by atoms with Crippen LogP contribution in [0.15, 0.2) is 97.1 Å². The van der Waals surface area contributed by atoms with E-state index in [1.807, 2.05) is 0 Å². The number of rotatable bonds is 16. The van der Waals surface area contributed by atoms with Crippen LogP contribution in [0.2, 0.25) is 20.1 Å². The van der Waals surface area contributed by atoms with Crippen LogP contribution in [0.4, 0.5) is 0 Å². The molecule has 4 aromatic rings. The van der Waals surface area contributed by atoms with Crippen LogP contribution in [-0.4, -0.2) is 220 Å². The van der Waals surface area contributed by atoms with Gasteiger partial charge in [0.2, 0.25) is 0 Å². The Kier molecular flexibility index (Phi) is 38.2. The molecule has 0 aliphatic rings. The Balaban J connectivity index is -0.000000420. The van der Waals surface area contributed by atoms with Crippen molar-refractivity contribution in [1.29, 1.82) is 0 Å². The predicted octanol–water partition coefficient (Wildman–Crippen LogP) is 2.84. The molecule has 0 aliphatic heterocycles. The van der Waals surface area contributed by atoms with Gasteiger partial charge >= 0.3 is 179 Å². The van der Waals surface area contributed by atoms with Crippen molar-refractivity contribution in [3.8, 4) is 23.0 Å². The van der Waals surface area contributed by atoms with Gasteiger partial charge in [0, 0.05) is 20.1 Å². The van der Waals surface area contributed by atoms with Gasteiger partial charge in [-0.2, -0.15) is 0 Å². The molecule has 392 valence electrons. The van der Waals surface area contributed by atoms with Gasteiger partial charge < -0.3 is 97.2 Å². The molecule has 0 saturated carbocycles. The third-order valence-electron chi connectivity index (χ3n) is 6.57. The van der Waals surface area contributed by atoms with E-state index >= 15 is 0 Å². The van der Waals surface area contributed by atoms with E-state index in [9.17, 15) is 56.1 Å². The molecule has 4 rings (SSSR count). The van der Waals surface area contributed by atoms with E-state index in [1.54, 1.807) is 0 Å². The first-order chi connectivity index (χ1) is 30.5. The van der Waals surface area contributed by atoms with Crippen molar-refractivity contribution in [2.24, 2.45) is 0 Å². The van der Waals surface area contributed by atoms with E-state index in [1.165, 1.54) is 97.1 Å². The first-order valence-corrected chi connectivity index (χ1v) is 31.4. The Morgan fingerprint density at radius 1 is 0.278 bits per heavy atom. The summed E-state index contributed by atoms with van der Waals surface area (Å²) in [6.07, 6.45) is 0. The summed E-state index contributed by atoms with van der Waals surface area (Å²) in [5.74, 6) is -0.582. The second kappa shape index (κ2) is 34.0. The van der Waals surface area contributed by atoms with E-state index in [0.29, 0.717) is 20.1 Å². The van der Waals surface area contributed by atoms with Gasteiger partial charge in [0.1, 0.15) is 23.0 Å². The normalized spacial score (nSPS) is 16.3. The Morgan fingerprint density at radius 3 is 0.486 bits per heavy atom. The summed E-state index contributed by atoms with van der Waals surface area (Å²) in [4.78, 5) is 105. The molecule has 0 heterocycles. The summed E-state index contributed by atoms with van der Waals surface area (Å²) in [6, 6.07) is 20.5. The van der Waals surface area contributed by atoms with Gasteiger partial charge in [-0.3, -0.25) is 18.3 Å². The molecular formula is C28H40Cl4Na4O28P8. The number of halogens is 4. The van der Waals surface area contributed by atoms with Gasteiger partial charge in [-0.15, -0.1) is 0 Å². The van der Waals surface area contributed by atoms with Crippen LogP contribution >= 0.6 is 107 Å². The van der Waals surface area contributed by atoms with E-state index in [-0.39, 0.29) is 141 Å². The van der Waals surface area contributed by atoms with Crippen molar-refractivity contribution in [1.82, 2.24) is 0 Å². The number of aliphatic hydroxyl groups excluding tert-OH is 4. The molecule has 44 heteroatoms. The summed E-state index contributed by atoms with van der Waals surface area (Å²) in [5.41, 5.74) is -11.1. The van der Waals surface area contributed by atoms with Crippen LogP contribution < -0.4 is 18.1 Å². The SMILES string of the molecule is O=P(O)(O)C(O)P(=O)(O)Oc1ccc(Cl)cc1.O=P(O)(O)C(O)P(=O)(O)Oc1ccc(Cl)cc1.O=P(O)(O)C(O)P(=O)(O)Oc1ccc(Cl)cc1.O=P(O)(O)C(O)P(=O)(O)Oc1ccc(Cl)cc1.[NaH].[NaH].[NaH].[NaH]. The molecule has 8 unspecified atom stereocenters. The van der Waals surface area contributed by atoms with Crippen molar-refractivity contribution in [3.63, 3.8) is 0 Å². The van der Waals surface area contributed by atoms with Gasteiger partial charge in [0.15, 0.2) is 0 Å². The van der Waals surface area contributed by atoms with E-state index < -0.39 is 83.1 Å². The molecule has 0 bridgehead atoms. The fourth-order valence-corrected chi connectivity index (χ4v) is 12.8. The molecule has 0 amide bonds. The number of aliphatic hydroxyl groups is 4. The molecule has 4 aromatic carbocycles. The van der Waals surface area contributed by atoms with E-state index in [0.717, 1.165) is 0 Å². The van der Waals surface area contributed by atoms with Crippen molar-refractivity contribution in [3.05, 3.63) is 117 Å². The molecule has 16 N–H and O–H groups in total. The number of benzene rings is 4. The molecule has 0 aromatic heterocycles. The molecule has 28 nitrogen and oxygen atoms in total. The molecule has 0 aliphatic carbocycles. The van der Waals surface area contributed by atoms with Crippen molar-refractivity contribution >= 4 is 225 Å². The molecular weight excluding hydrogens is 1270 g/mol. The van der Waals surface area contributed by atoms with Gasteiger partial charge in [0.05, 0.1) is 0 Å². The third-order valence-corrected chi connectivity index (χ3v) is 21.3. The molecule has 8 atom stereocenters. The fourth-order valence-electron chi connectivity index (χ4n) is 3.53. The molecule has 0 spiro atoms. The zero-order valence-corrected chi connectivity index (χ0v) is 42.9. The van der Waals surface area contributed by atoms with Gasteiger partial charge in [-0.05, 0) is 97.1 Å². The van der Waals surface area contributed by atoms with E-state index in [4.69, 9.17) is 106 Å². The van der Waals surface area contributed by atoms with Gasteiger partial charge in [0.25, 0.3) is 22.3 Å². The van der Waals surface area contributed by atoms with Crippen LogP contribution in [0.3, 0.4) is 0 Å². The fraction of sp³-hybridized carbons (Fsp3) is 0.143.